The third kappa shape index (κ3) is 5.05. The van der Waals surface area contributed by atoms with E-state index in [-0.39, 0.29) is 17.5 Å². The average Bonchev–Trinajstić information content (AvgIpc) is 2.94. The van der Waals surface area contributed by atoms with Crippen LogP contribution in [-0.4, -0.2) is 6.61 Å². The molecule has 0 aromatic heterocycles. The maximum atomic E-state index is 15.6. The van der Waals surface area contributed by atoms with Gasteiger partial charge in [0.2, 0.25) is 0 Å². The Bertz CT molecular complexity index is 1170. The number of rotatable bonds is 11. The van der Waals surface area contributed by atoms with Gasteiger partial charge in [-0.3, -0.25) is 0 Å². The Morgan fingerprint density at radius 3 is 1.61 bits per heavy atom. The van der Waals surface area contributed by atoms with E-state index in [2.05, 4.69) is 6.92 Å². The predicted molar refractivity (Wildman–Crippen MR) is 151 cm³/mol. The molecule has 188 valence electrons. The van der Waals surface area contributed by atoms with Gasteiger partial charge in [-0.05, 0) is 0 Å². The number of hydrogen-bond acceptors (Lipinski definition) is 1. The fourth-order valence-corrected chi connectivity index (χ4v) is 10.9. The van der Waals surface area contributed by atoms with Crippen LogP contribution in [0.1, 0.15) is 38.2 Å². The third-order valence-electron chi connectivity index (χ3n) is 6.73. The van der Waals surface area contributed by atoms with Gasteiger partial charge >= 0.3 is 218 Å². The number of unbranched alkanes of at least 4 members (excludes halogenated alkanes) is 3. The molecule has 0 aliphatic rings. The summed E-state index contributed by atoms with van der Waals surface area (Å²) < 4.78 is 36.5. The molecule has 0 fully saturated rings. The van der Waals surface area contributed by atoms with Crippen LogP contribution in [0.25, 0.3) is 0 Å². The van der Waals surface area contributed by atoms with E-state index >= 15 is 8.78 Å². The first-order valence-corrected chi connectivity index (χ1v) is 15.8. The Hall–Kier alpha value is -2.74. The summed E-state index contributed by atoms with van der Waals surface area (Å²) in [6, 6.07) is 32.6. The van der Waals surface area contributed by atoms with E-state index < -0.39 is 17.6 Å². The predicted octanol–water partition coefficient (Wildman–Crippen LogP) is 8.11. The number of benzene rings is 4. The molecule has 0 N–H and O–H groups in total. The molecule has 1 nitrogen and oxygen atoms in total. The van der Waals surface area contributed by atoms with E-state index in [1.165, 1.54) is 6.07 Å². The van der Waals surface area contributed by atoms with Crippen molar-refractivity contribution < 1.29 is 13.5 Å². The average molecular weight is 525 g/mol. The molecule has 0 saturated carbocycles. The van der Waals surface area contributed by atoms with Gasteiger partial charge in [-0.1, -0.05) is 0 Å². The molecule has 4 aromatic rings. The van der Waals surface area contributed by atoms with E-state index in [9.17, 15) is 0 Å². The van der Waals surface area contributed by atoms with Gasteiger partial charge in [0.25, 0.3) is 0 Å². The summed E-state index contributed by atoms with van der Waals surface area (Å²) in [5, 5.41) is 2.70. The number of hydrogen-bond donors (Lipinski definition) is 0. The van der Waals surface area contributed by atoms with Crippen LogP contribution in [-0.2, 0) is 6.16 Å². The molecule has 0 heterocycles. The molecule has 0 atom stereocenters. The second-order valence-corrected chi connectivity index (χ2v) is 15.6. The van der Waals surface area contributed by atoms with Crippen molar-refractivity contribution in [3.8, 4) is 5.75 Å². The molecule has 0 amide bonds. The Labute approximate surface area is 217 Å². The standard InChI is InChI=1S/C31H32ClF2OP/c1-2-3-4-14-23-35-29-22-21-25(30(33)31(29)34)24-36(32,26-15-8-5-9-16-26,27-17-10-6-11-18-27)28-19-12-7-13-20-28/h5-13,15-22H,2-4,14,23-24H2,1H3. The van der Waals surface area contributed by atoms with Crippen molar-refractivity contribution in [1.82, 2.24) is 0 Å². The van der Waals surface area contributed by atoms with Gasteiger partial charge in [-0.2, -0.15) is 0 Å². The van der Waals surface area contributed by atoms with Crippen LogP contribution in [0, 0.1) is 11.6 Å². The molecule has 0 radical (unpaired) electrons. The zero-order valence-electron chi connectivity index (χ0n) is 20.5. The van der Waals surface area contributed by atoms with Crippen LogP contribution in [0.3, 0.4) is 0 Å². The van der Waals surface area contributed by atoms with E-state index in [1.807, 2.05) is 91.0 Å². The molecule has 4 aromatic carbocycles. The van der Waals surface area contributed by atoms with Crippen molar-refractivity contribution in [3.63, 3.8) is 0 Å². The zero-order chi connectivity index (χ0) is 25.5. The summed E-state index contributed by atoms with van der Waals surface area (Å²) in [7, 11) is 0. The van der Waals surface area contributed by atoms with Gasteiger partial charge in [-0.25, -0.2) is 0 Å². The van der Waals surface area contributed by atoms with Gasteiger partial charge in [-0.15, -0.1) is 0 Å². The van der Waals surface area contributed by atoms with Crippen LogP contribution in [0.5, 0.6) is 5.75 Å². The molecule has 0 unspecified atom stereocenters. The number of ether oxygens (including phenoxy) is 1. The summed E-state index contributed by atoms with van der Waals surface area (Å²) in [5.41, 5.74) is 0.232. The van der Waals surface area contributed by atoms with E-state index in [0.29, 0.717) is 6.61 Å². The van der Waals surface area contributed by atoms with Crippen molar-refractivity contribution in [3.05, 3.63) is 120 Å². The molecule has 0 aliphatic heterocycles. The minimum absolute atomic E-state index is 0.0539. The quantitative estimate of drug-likeness (QED) is 0.142. The Kier molecular flexibility index (Phi) is 8.44. The van der Waals surface area contributed by atoms with Gasteiger partial charge in [0.1, 0.15) is 0 Å². The fraction of sp³-hybridized carbons (Fsp3) is 0.226. The topological polar surface area (TPSA) is 9.23 Å². The van der Waals surface area contributed by atoms with Crippen LogP contribution in [0.2, 0.25) is 0 Å². The molecule has 36 heavy (non-hydrogen) atoms. The SMILES string of the molecule is CCCCCCOc1ccc(CP(Cl)(c2ccccc2)(c2ccccc2)c2ccccc2)c(F)c1F. The molecule has 0 aliphatic carbocycles. The summed E-state index contributed by atoms with van der Waals surface area (Å²) >= 11 is 8.01. The fourth-order valence-electron chi connectivity index (χ4n) is 4.77. The van der Waals surface area contributed by atoms with Crippen molar-refractivity contribution in [2.75, 3.05) is 6.61 Å². The monoisotopic (exact) mass is 524 g/mol. The minimum atomic E-state index is -3.77. The Balaban J connectivity index is 1.83. The molecular formula is C31H32ClF2OP. The first-order valence-electron chi connectivity index (χ1n) is 12.5. The van der Waals surface area contributed by atoms with Gasteiger partial charge in [0.15, 0.2) is 0 Å². The summed E-state index contributed by atoms with van der Waals surface area (Å²) in [5.74, 6) is -5.69. The molecule has 0 spiro atoms. The van der Waals surface area contributed by atoms with Gasteiger partial charge in [0, 0.05) is 0 Å². The first-order chi connectivity index (χ1) is 17.5. The Morgan fingerprint density at radius 2 is 1.14 bits per heavy atom. The van der Waals surface area contributed by atoms with Crippen molar-refractivity contribution >= 4 is 33.1 Å². The van der Waals surface area contributed by atoms with Gasteiger partial charge < -0.3 is 0 Å². The second-order valence-electron chi connectivity index (χ2n) is 9.11. The van der Waals surface area contributed by atoms with Gasteiger partial charge in [0.05, 0.1) is 0 Å². The normalized spacial score (nSPS) is 12.6. The molecule has 5 heteroatoms. The van der Waals surface area contributed by atoms with Crippen molar-refractivity contribution in [1.29, 1.82) is 0 Å². The molecule has 0 saturated heterocycles. The molecule has 0 bridgehead atoms. The van der Waals surface area contributed by atoms with Crippen molar-refractivity contribution in [2.45, 2.75) is 38.8 Å². The number of halogens is 3. The van der Waals surface area contributed by atoms with Crippen molar-refractivity contribution in [2.24, 2.45) is 0 Å². The van der Waals surface area contributed by atoms with Crippen LogP contribution >= 0.6 is 17.2 Å². The second kappa shape index (κ2) is 11.5. The third-order valence-corrected chi connectivity index (χ3v) is 13.9. The van der Waals surface area contributed by atoms with Crippen LogP contribution in [0.15, 0.2) is 103 Å². The van der Waals surface area contributed by atoms with E-state index in [4.69, 9.17) is 16.0 Å². The molecule has 4 rings (SSSR count). The molecular weight excluding hydrogens is 493 g/mol. The summed E-state index contributed by atoms with van der Waals surface area (Å²) in [6.07, 6.45) is 4.15. The maximum absolute atomic E-state index is 15.6. The van der Waals surface area contributed by atoms with E-state index in [1.54, 1.807) is 6.07 Å². The Morgan fingerprint density at radius 1 is 0.639 bits per heavy atom. The van der Waals surface area contributed by atoms with E-state index in [0.717, 1.165) is 41.6 Å². The van der Waals surface area contributed by atoms with Crippen LogP contribution in [0.4, 0.5) is 8.78 Å². The summed E-state index contributed by atoms with van der Waals surface area (Å²) in [4.78, 5) is 0. The first kappa shape index (κ1) is 26.3. The van der Waals surface area contributed by atoms with Crippen LogP contribution < -0.4 is 20.7 Å². The zero-order valence-corrected chi connectivity index (χ0v) is 22.2. The summed E-state index contributed by atoms with van der Waals surface area (Å²) in [6.45, 7) is 2.49.